The molecule has 1 amide bonds. The molecule has 1 atom stereocenters. The Bertz CT molecular complexity index is 547. The molecule has 1 heterocycles. The van der Waals surface area contributed by atoms with Crippen molar-refractivity contribution in [1.29, 1.82) is 0 Å². The van der Waals surface area contributed by atoms with Gasteiger partial charge in [-0.15, -0.1) is 0 Å². The molecule has 0 radical (unpaired) electrons. The summed E-state index contributed by atoms with van der Waals surface area (Å²) in [5.74, 6) is -2.28. The number of aliphatic hydroxyl groups is 1. The standard InChI is InChI=1S/C17H24F2N2O2/c1-3-4-5-13(9-21-10-14(22)11-21)20(2)17(23)12-6-7-15(18)16(19)8-12/h6-8,13-14,22H,3-5,9-11H2,1-2H3/t13-/m0/s1. The fourth-order valence-corrected chi connectivity index (χ4v) is 2.84. The maximum Gasteiger partial charge on any atom is 0.253 e. The van der Waals surface area contributed by atoms with Crippen molar-refractivity contribution in [3.05, 3.63) is 35.4 Å². The number of halogens is 2. The second-order valence-electron chi connectivity index (χ2n) is 6.21. The summed E-state index contributed by atoms with van der Waals surface area (Å²) in [5, 5.41) is 9.39. The van der Waals surface area contributed by atoms with Gasteiger partial charge >= 0.3 is 0 Å². The van der Waals surface area contributed by atoms with Gasteiger partial charge in [-0.25, -0.2) is 8.78 Å². The van der Waals surface area contributed by atoms with Crippen molar-refractivity contribution in [2.75, 3.05) is 26.7 Å². The highest BCUT2D eigenvalue weighted by Crippen LogP contribution is 2.17. The smallest absolute Gasteiger partial charge is 0.253 e. The van der Waals surface area contributed by atoms with Gasteiger partial charge < -0.3 is 10.0 Å². The van der Waals surface area contributed by atoms with Gasteiger partial charge in [-0.05, 0) is 24.6 Å². The summed E-state index contributed by atoms with van der Waals surface area (Å²) in [7, 11) is 1.69. The Morgan fingerprint density at radius 2 is 2.09 bits per heavy atom. The number of nitrogens with zero attached hydrogens (tertiary/aromatic N) is 2. The Balaban J connectivity index is 2.06. The third-order valence-corrected chi connectivity index (χ3v) is 4.33. The van der Waals surface area contributed by atoms with Crippen LogP contribution in [0.25, 0.3) is 0 Å². The summed E-state index contributed by atoms with van der Waals surface area (Å²) in [6.07, 6.45) is 2.56. The van der Waals surface area contributed by atoms with E-state index in [0.29, 0.717) is 19.6 Å². The minimum Gasteiger partial charge on any atom is -0.390 e. The summed E-state index contributed by atoms with van der Waals surface area (Å²) in [4.78, 5) is 16.2. The van der Waals surface area contributed by atoms with Crippen LogP contribution < -0.4 is 0 Å². The van der Waals surface area contributed by atoms with E-state index < -0.39 is 11.6 Å². The molecule has 0 aromatic heterocycles. The van der Waals surface area contributed by atoms with E-state index in [1.165, 1.54) is 6.07 Å². The monoisotopic (exact) mass is 326 g/mol. The molecule has 128 valence electrons. The number of likely N-dealkylation sites (N-methyl/N-ethyl adjacent to an activating group) is 1. The third kappa shape index (κ3) is 4.48. The van der Waals surface area contributed by atoms with E-state index in [1.54, 1.807) is 11.9 Å². The molecule has 1 aliphatic heterocycles. The first-order valence-electron chi connectivity index (χ1n) is 8.05. The van der Waals surface area contributed by atoms with E-state index in [2.05, 4.69) is 11.8 Å². The van der Waals surface area contributed by atoms with Crippen molar-refractivity contribution < 1.29 is 18.7 Å². The number of amides is 1. The Morgan fingerprint density at radius 3 is 2.65 bits per heavy atom. The molecule has 0 unspecified atom stereocenters. The van der Waals surface area contributed by atoms with Crippen LogP contribution in [0.1, 0.15) is 36.5 Å². The molecular formula is C17H24F2N2O2. The van der Waals surface area contributed by atoms with Crippen molar-refractivity contribution in [1.82, 2.24) is 9.80 Å². The van der Waals surface area contributed by atoms with Crippen molar-refractivity contribution in [3.8, 4) is 0 Å². The number of carbonyl (C=O) groups is 1. The van der Waals surface area contributed by atoms with Gasteiger partial charge in [-0.3, -0.25) is 9.69 Å². The van der Waals surface area contributed by atoms with Crippen LogP contribution in [-0.4, -0.2) is 59.6 Å². The zero-order valence-electron chi connectivity index (χ0n) is 13.6. The number of likely N-dealkylation sites (tertiary alicyclic amines) is 1. The number of benzene rings is 1. The molecule has 1 fully saturated rings. The maximum absolute atomic E-state index is 13.3. The van der Waals surface area contributed by atoms with E-state index in [1.807, 2.05) is 0 Å². The van der Waals surface area contributed by atoms with Crippen molar-refractivity contribution in [3.63, 3.8) is 0 Å². The average Bonchev–Trinajstić information content (AvgIpc) is 2.50. The van der Waals surface area contributed by atoms with Gasteiger partial charge in [0.1, 0.15) is 0 Å². The zero-order chi connectivity index (χ0) is 17.0. The fraction of sp³-hybridized carbons (Fsp3) is 0.588. The van der Waals surface area contributed by atoms with Crippen molar-refractivity contribution in [2.24, 2.45) is 0 Å². The first kappa shape index (κ1) is 17.8. The number of rotatable bonds is 7. The Labute approximate surface area is 135 Å². The molecule has 1 aromatic carbocycles. The molecular weight excluding hydrogens is 302 g/mol. The number of carbonyl (C=O) groups excluding carboxylic acids is 1. The quantitative estimate of drug-likeness (QED) is 0.836. The lowest BCUT2D eigenvalue weighted by atomic mass is 10.0. The molecule has 23 heavy (non-hydrogen) atoms. The zero-order valence-corrected chi connectivity index (χ0v) is 13.6. The summed E-state index contributed by atoms with van der Waals surface area (Å²) in [5.41, 5.74) is 0.150. The van der Waals surface area contributed by atoms with E-state index in [9.17, 15) is 18.7 Å². The van der Waals surface area contributed by atoms with Crippen LogP contribution in [0.2, 0.25) is 0 Å². The van der Waals surface area contributed by atoms with Crippen LogP contribution in [0.3, 0.4) is 0 Å². The molecule has 6 heteroatoms. The minimum atomic E-state index is -1.01. The molecule has 1 aromatic rings. The third-order valence-electron chi connectivity index (χ3n) is 4.33. The minimum absolute atomic E-state index is 0.0111. The molecule has 1 N–H and O–H groups in total. The Kier molecular flexibility index (Phi) is 6.07. The summed E-state index contributed by atoms with van der Waals surface area (Å²) >= 11 is 0. The van der Waals surface area contributed by atoms with Gasteiger partial charge in [0.15, 0.2) is 11.6 Å². The molecule has 1 saturated heterocycles. The van der Waals surface area contributed by atoms with Crippen molar-refractivity contribution >= 4 is 5.91 Å². The summed E-state index contributed by atoms with van der Waals surface area (Å²) in [6, 6.07) is 3.21. The molecule has 0 saturated carbocycles. The van der Waals surface area contributed by atoms with Gasteiger partial charge in [-0.1, -0.05) is 19.8 Å². The van der Waals surface area contributed by atoms with Gasteiger partial charge in [0.2, 0.25) is 0 Å². The van der Waals surface area contributed by atoms with E-state index >= 15 is 0 Å². The van der Waals surface area contributed by atoms with E-state index in [0.717, 1.165) is 31.4 Å². The first-order chi connectivity index (χ1) is 10.9. The molecule has 4 nitrogen and oxygen atoms in total. The van der Waals surface area contributed by atoms with E-state index in [4.69, 9.17) is 0 Å². The molecule has 2 rings (SSSR count). The Hall–Kier alpha value is -1.53. The van der Waals surface area contributed by atoms with Gasteiger partial charge in [-0.2, -0.15) is 0 Å². The van der Waals surface area contributed by atoms with Crippen LogP contribution in [-0.2, 0) is 0 Å². The number of aliphatic hydroxyl groups excluding tert-OH is 1. The predicted octanol–water partition coefficient (Wildman–Crippen LogP) is 2.27. The van der Waals surface area contributed by atoms with Crippen LogP contribution in [0.4, 0.5) is 8.78 Å². The van der Waals surface area contributed by atoms with Crippen LogP contribution in [0.5, 0.6) is 0 Å². The Morgan fingerprint density at radius 1 is 1.39 bits per heavy atom. The highest BCUT2D eigenvalue weighted by molar-refractivity contribution is 5.94. The maximum atomic E-state index is 13.3. The van der Waals surface area contributed by atoms with Crippen LogP contribution in [0.15, 0.2) is 18.2 Å². The lowest BCUT2D eigenvalue weighted by Crippen LogP contribution is -2.55. The van der Waals surface area contributed by atoms with Gasteiger partial charge in [0.05, 0.1) is 6.10 Å². The average molecular weight is 326 g/mol. The number of β-amino-alcohol motifs (C(OH)–C–C–N with tert-alkyl or cyclic N) is 1. The largest absolute Gasteiger partial charge is 0.390 e. The number of hydrogen-bond donors (Lipinski definition) is 1. The fourth-order valence-electron chi connectivity index (χ4n) is 2.84. The molecule has 0 aliphatic carbocycles. The van der Waals surface area contributed by atoms with Gasteiger partial charge in [0, 0.05) is 38.3 Å². The lowest BCUT2D eigenvalue weighted by Gasteiger charge is -2.40. The van der Waals surface area contributed by atoms with Crippen LogP contribution >= 0.6 is 0 Å². The van der Waals surface area contributed by atoms with E-state index in [-0.39, 0.29) is 23.6 Å². The lowest BCUT2D eigenvalue weighted by molar-refractivity contribution is -0.0114. The second kappa shape index (κ2) is 7.84. The molecule has 1 aliphatic rings. The predicted molar refractivity (Wildman–Crippen MR) is 84.2 cm³/mol. The summed E-state index contributed by atoms with van der Waals surface area (Å²) < 4.78 is 26.4. The highest BCUT2D eigenvalue weighted by atomic mass is 19.2. The van der Waals surface area contributed by atoms with Crippen LogP contribution in [0, 0.1) is 11.6 Å². The SMILES string of the molecule is CCCC[C@@H](CN1CC(O)C1)N(C)C(=O)c1ccc(F)c(F)c1. The van der Waals surface area contributed by atoms with Gasteiger partial charge in [0.25, 0.3) is 5.91 Å². The summed E-state index contributed by atoms with van der Waals surface area (Å²) in [6.45, 7) is 4.01. The highest BCUT2D eigenvalue weighted by Gasteiger charge is 2.29. The van der Waals surface area contributed by atoms with Crippen molar-refractivity contribution in [2.45, 2.75) is 38.3 Å². The topological polar surface area (TPSA) is 43.8 Å². The molecule has 0 bridgehead atoms. The normalized spacial score (nSPS) is 16.9. The second-order valence-corrected chi connectivity index (χ2v) is 6.21. The number of hydrogen-bond acceptors (Lipinski definition) is 3. The first-order valence-corrected chi connectivity index (χ1v) is 8.05. The number of unbranched alkanes of at least 4 members (excludes halogenated alkanes) is 1. The molecule has 0 spiro atoms.